The number of hydrogen-bond acceptors (Lipinski definition) is 3. The summed E-state index contributed by atoms with van der Waals surface area (Å²) >= 11 is 0. The van der Waals surface area contributed by atoms with Crippen LogP contribution in [0, 0.1) is 6.92 Å². The van der Waals surface area contributed by atoms with Crippen LogP contribution in [-0.2, 0) is 6.54 Å². The number of likely N-dealkylation sites (tertiary alicyclic amines) is 1. The van der Waals surface area contributed by atoms with Gasteiger partial charge in [0.1, 0.15) is 5.75 Å². The number of likely N-dealkylation sites (N-methyl/N-ethyl adjacent to an activating group) is 1. The Balaban J connectivity index is 1.84. The van der Waals surface area contributed by atoms with Crippen LogP contribution in [0.5, 0.6) is 5.75 Å². The molecular weight excluding hydrogens is 276 g/mol. The van der Waals surface area contributed by atoms with E-state index in [-0.39, 0.29) is 0 Å². The van der Waals surface area contributed by atoms with Crippen molar-refractivity contribution in [3.8, 4) is 5.75 Å². The average molecular weight is 304 g/mol. The van der Waals surface area contributed by atoms with E-state index in [0.29, 0.717) is 18.5 Å². The van der Waals surface area contributed by atoms with E-state index in [1.54, 1.807) is 7.11 Å². The third-order valence-corrected chi connectivity index (χ3v) is 4.33. The van der Waals surface area contributed by atoms with Crippen LogP contribution in [0.2, 0.25) is 0 Å². The van der Waals surface area contributed by atoms with Crippen LogP contribution >= 0.6 is 0 Å². The number of methoxy groups -OCH3 is 1. The number of guanidine groups is 1. The highest BCUT2D eigenvalue weighted by Gasteiger charge is 2.22. The Hall–Kier alpha value is -1.75. The molecule has 2 rings (SSSR count). The normalized spacial score (nSPS) is 19.4. The predicted octanol–water partition coefficient (Wildman–Crippen LogP) is 1.89. The maximum absolute atomic E-state index is 5.98. The van der Waals surface area contributed by atoms with Gasteiger partial charge in [-0.05, 0) is 50.0 Å². The van der Waals surface area contributed by atoms with Gasteiger partial charge in [0, 0.05) is 12.6 Å². The predicted molar refractivity (Wildman–Crippen MR) is 91.3 cm³/mol. The van der Waals surface area contributed by atoms with E-state index >= 15 is 0 Å². The number of hydrogen-bond donors (Lipinski definition) is 2. The highest BCUT2D eigenvalue weighted by Crippen LogP contribution is 2.19. The molecule has 0 aliphatic carbocycles. The summed E-state index contributed by atoms with van der Waals surface area (Å²) in [7, 11) is 1.69. The quantitative estimate of drug-likeness (QED) is 0.622. The molecule has 0 spiro atoms. The lowest BCUT2D eigenvalue weighted by Gasteiger charge is -2.23. The van der Waals surface area contributed by atoms with E-state index in [0.717, 1.165) is 30.0 Å². The Labute approximate surface area is 133 Å². The number of benzene rings is 1. The summed E-state index contributed by atoms with van der Waals surface area (Å²) in [5.74, 6) is 1.41. The molecule has 1 unspecified atom stereocenters. The molecule has 1 aliphatic rings. The van der Waals surface area contributed by atoms with E-state index in [1.165, 1.54) is 19.4 Å². The van der Waals surface area contributed by atoms with Crippen LogP contribution in [0.15, 0.2) is 23.2 Å². The molecule has 5 nitrogen and oxygen atoms in total. The largest absolute Gasteiger partial charge is 0.496 e. The molecule has 1 saturated heterocycles. The van der Waals surface area contributed by atoms with Gasteiger partial charge in [-0.2, -0.15) is 0 Å². The van der Waals surface area contributed by atoms with E-state index in [2.05, 4.69) is 28.2 Å². The van der Waals surface area contributed by atoms with E-state index < -0.39 is 0 Å². The van der Waals surface area contributed by atoms with E-state index in [9.17, 15) is 0 Å². The van der Waals surface area contributed by atoms with E-state index in [1.807, 2.05) is 19.1 Å². The van der Waals surface area contributed by atoms with Crippen molar-refractivity contribution in [1.82, 2.24) is 10.2 Å². The topological polar surface area (TPSA) is 62.9 Å². The van der Waals surface area contributed by atoms with Gasteiger partial charge in [0.05, 0.1) is 13.7 Å². The Kier molecular flexibility index (Phi) is 6.07. The average Bonchev–Trinajstić information content (AvgIpc) is 2.99. The van der Waals surface area contributed by atoms with Crippen molar-refractivity contribution in [2.75, 3.05) is 26.7 Å². The first kappa shape index (κ1) is 16.6. The molecule has 0 bridgehead atoms. The molecule has 0 amide bonds. The van der Waals surface area contributed by atoms with Crippen molar-refractivity contribution in [2.24, 2.45) is 10.7 Å². The second-order valence-corrected chi connectivity index (χ2v) is 5.81. The molecule has 1 atom stereocenters. The standard InChI is InChI=1S/C17H28N4O/c1-4-21-9-5-6-15(21)12-20-17(18)19-11-14-8-7-13(2)16(10-14)22-3/h7-8,10,15H,4-6,9,11-12H2,1-3H3,(H3,18,19,20). The number of rotatable bonds is 6. The van der Waals surface area contributed by atoms with Gasteiger partial charge < -0.3 is 15.8 Å². The van der Waals surface area contributed by atoms with Gasteiger partial charge in [-0.25, -0.2) is 4.99 Å². The Morgan fingerprint density at radius 2 is 2.32 bits per heavy atom. The van der Waals surface area contributed by atoms with Crippen LogP contribution in [0.1, 0.15) is 30.9 Å². The van der Waals surface area contributed by atoms with Crippen LogP contribution < -0.4 is 15.8 Å². The highest BCUT2D eigenvalue weighted by molar-refractivity contribution is 5.77. The summed E-state index contributed by atoms with van der Waals surface area (Å²) in [6.45, 7) is 7.98. The van der Waals surface area contributed by atoms with Crippen LogP contribution in [0.4, 0.5) is 0 Å². The van der Waals surface area contributed by atoms with Crippen LogP contribution in [-0.4, -0.2) is 43.6 Å². The summed E-state index contributed by atoms with van der Waals surface area (Å²) in [4.78, 5) is 6.91. The molecule has 5 heteroatoms. The zero-order chi connectivity index (χ0) is 15.9. The molecule has 1 heterocycles. The van der Waals surface area contributed by atoms with Gasteiger partial charge in [-0.1, -0.05) is 19.1 Å². The van der Waals surface area contributed by atoms with Crippen molar-refractivity contribution in [1.29, 1.82) is 0 Å². The molecule has 3 N–H and O–H groups in total. The number of nitrogens with two attached hydrogens (primary N) is 1. The molecule has 1 fully saturated rings. The maximum Gasteiger partial charge on any atom is 0.188 e. The van der Waals surface area contributed by atoms with Gasteiger partial charge in [-0.15, -0.1) is 0 Å². The fourth-order valence-electron chi connectivity index (χ4n) is 2.96. The minimum absolute atomic E-state index is 0.516. The molecule has 1 aromatic carbocycles. The van der Waals surface area contributed by atoms with Crippen molar-refractivity contribution in [3.05, 3.63) is 29.3 Å². The Morgan fingerprint density at radius 1 is 1.50 bits per heavy atom. The first-order chi connectivity index (χ1) is 10.6. The third kappa shape index (κ3) is 4.37. The highest BCUT2D eigenvalue weighted by atomic mass is 16.5. The number of aliphatic imine (C=N–C) groups is 1. The summed E-state index contributed by atoms with van der Waals surface area (Å²) in [5, 5.41) is 3.25. The van der Waals surface area contributed by atoms with Gasteiger partial charge in [0.15, 0.2) is 5.96 Å². The number of ether oxygens (including phenoxy) is 1. The summed E-state index contributed by atoms with van der Waals surface area (Å²) in [6, 6.07) is 6.70. The fourth-order valence-corrected chi connectivity index (χ4v) is 2.96. The third-order valence-electron chi connectivity index (χ3n) is 4.33. The monoisotopic (exact) mass is 304 g/mol. The summed E-state index contributed by atoms with van der Waals surface area (Å²) in [5.41, 5.74) is 8.20. The second kappa shape index (κ2) is 8.03. The Morgan fingerprint density at radius 3 is 3.05 bits per heavy atom. The fraction of sp³-hybridized carbons (Fsp3) is 0.588. The zero-order valence-electron chi connectivity index (χ0n) is 13.9. The minimum atomic E-state index is 0.516. The lowest BCUT2D eigenvalue weighted by Crippen LogP contribution is -2.42. The molecule has 22 heavy (non-hydrogen) atoms. The lowest BCUT2D eigenvalue weighted by molar-refractivity contribution is 0.267. The zero-order valence-corrected chi connectivity index (χ0v) is 13.9. The van der Waals surface area contributed by atoms with Crippen molar-refractivity contribution < 1.29 is 4.74 Å². The molecule has 0 aromatic heterocycles. The lowest BCUT2D eigenvalue weighted by atomic mass is 10.1. The first-order valence-electron chi connectivity index (χ1n) is 8.05. The van der Waals surface area contributed by atoms with Crippen LogP contribution in [0.25, 0.3) is 0 Å². The van der Waals surface area contributed by atoms with Gasteiger partial charge >= 0.3 is 0 Å². The van der Waals surface area contributed by atoms with E-state index in [4.69, 9.17) is 10.5 Å². The van der Waals surface area contributed by atoms with Crippen molar-refractivity contribution >= 4 is 5.96 Å². The molecule has 1 aromatic rings. The minimum Gasteiger partial charge on any atom is -0.496 e. The molecular formula is C17H28N4O. The SMILES string of the molecule is CCN1CCCC1CNC(N)=NCc1ccc(C)c(OC)c1. The second-order valence-electron chi connectivity index (χ2n) is 5.81. The van der Waals surface area contributed by atoms with Crippen molar-refractivity contribution in [3.63, 3.8) is 0 Å². The van der Waals surface area contributed by atoms with Gasteiger partial charge in [-0.3, -0.25) is 4.90 Å². The van der Waals surface area contributed by atoms with Gasteiger partial charge in [0.2, 0.25) is 0 Å². The summed E-state index contributed by atoms with van der Waals surface area (Å²) in [6.07, 6.45) is 2.52. The van der Waals surface area contributed by atoms with Crippen molar-refractivity contribution in [2.45, 2.75) is 39.3 Å². The maximum atomic E-state index is 5.98. The summed E-state index contributed by atoms with van der Waals surface area (Å²) < 4.78 is 5.33. The van der Waals surface area contributed by atoms with Crippen LogP contribution in [0.3, 0.4) is 0 Å². The molecule has 0 saturated carbocycles. The molecule has 122 valence electrons. The smallest absolute Gasteiger partial charge is 0.188 e. The first-order valence-corrected chi connectivity index (χ1v) is 8.05. The number of nitrogens with zero attached hydrogens (tertiary/aromatic N) is 2. The Bertz CT molecular complexity index is 515. The molecule has 0 radical (unpaired) electrons. The number of nitrogens with one attached hydrogen (secondary N) is 1. The number of aryl methyl sites for hydroxylation is 1. The molecule has 1 aliphatic heterocycles. The van der Waals surface area contributed by atoms with Gasteiger partial charge in [0.25, 0.3) is 0 Å².